The van der Waals surface area contributed by atoms with Gasteiger partial charge in [-0.15, -0.1) is 0 Å². The Morgan fingerprint density at radius 1 is 0.375 bits per heavy atom. The van der Waals surface area contributed by atoms with E-state index in [1.807, 2.05) is 0 Å². The van der Waals surface area contributed by atoms with E-state index >= 15 is 0 Å². The molecule has 0 spiro atoms. The van der Waals surface area contributed by atoms with Gasteiger partial charge in [-0.1, -0.05) is 182 Å². The zero-order chi connectivity index (χ0) is 41.2. The highest BCUT2D eigenvalue weighted by molar-refractivity contribution is 5.70. The fraction of sp³-hybridized carbons (Fsp3) is 0.939. The van der Waals surface area contributed by atoms with Gasteiger partial charge >= 0.3 is 17.9 Å². The predicted octanol–water partition coefficient (Wildman–Crippen LogP) is 14.3. The lowest BCUT2D eigenvalue weighted by Crippen LogP contribution is -2.19. The maximum absolute atomic E-state index is 12.4. The number of unbranched alkanes of at least 4 members (excludes halogenated alkanes) is 18. The van der Waals surface area contributed by atoms with Crippen LogP contribution in [0.4, 0.5) is 0 Å². The van der Waals surface area contributed by atoms with E-state index in [0.717, 1.165) is 103 Å². The third-order valence-corrected chi connectivity index (χ3v) is 11.6. The minimum atomic E-state index is -0.119. The van der Waals surface area contributed by atoms with Gasteiger partial charge in [-0.2, -0.15) is 0 Å². The van der Waals surface area contributed by atoms with Crippen molar-refractivity contribution in [1.82, 2.24) is 0 Å². The molecule has 0 atom stereocenters. The van der Waals surface area contributed by atoms with Crippen molar-refractivity contribution in [3.63, 3.8) is 0 Å². The van der Waals surface area contributed by atoms with Crippen LogP contribution in [0.5, 0.6) is 0 Å². The van der Waals surface area contributed by atoms with Crippen molar-refractivity contribution in [1.29, 1.82) is 0 Å². The molecular weight excluding hydrogens is 699 g/mol. The number of carbonyl (C=O) groups is 3. The van der Waals surface area contributed by atoms with Gasteiger partial charge in [0.25, 0.3) is 0 Å². The molecule has 0 heterocycles. The summed E-state index contributed by atoms with van der Waals surface area (Å²) in [5.74, 6) is 1.21. The van der Waals surface area contributed by atoms with Crippen molar-refractivity contribution in [3.05, 3.63) is 0 Å². The van der Waals surface area contributed by atoms with E-state index in [1.54, 1.807) is 0 Å². The maximum atomic E-state index is 12.4. The van der Waals surface area contributed by atoms with Crippen LogP contribution < -0.4 is 5.73 Å². The summed E-state index contributed by atoms with van der Waals surface area (Å²) in [6, 6.07) is 0. The molecule has 56 heavy (non-hydrogen) atoms. The molecule has 0 aliphatic rings. The Morgan fingerprint density at radius 3 is 1.05 bits per heavy atom. The second-order valence-corrected chi connectivity index (χ2v) is 17.1. The molecule has 0 aromatic carbocycles. The lowest BCUT2D eigenvalue weighted by molar-refractivity contribution is -0.150. The van der Waals surface area contributed by atoms with E-state index in [0.29, 0.717) is 57.3 Å². The molecule has 0 radical (unpaired) electrons. The highest BCUT2D eigenvalue weighted by Crippen LogP contribution is 2.23. The molecule has 0 aromatic rings. The van der Waals surface area contributed by atoms with Crippen molar-refractivity contribution in [2.75, 3.05) is 19.8 Å². The van der Waals surface area contributed by atoms with Crippen LogP contribution in [0.25, 0.3) is 0 Å². The van der Waals surface area contributed by atoms with E-state index in [-0.39, 0.29) is 24.0 Å². The van der Waals surface area contributed by atoms with Gasteiger partial charge in [0.05, 0.1) is 13.2 Å². The molecule has 0 aliphatic carbocycles. The van der Waals surface area contributed by atoms with Crippen LogP contribution >= 0.6 is 0 Å². The Balaban J connectivity index is 4.16. The van der Waals surface area contributed by atoms with Crippen LogP contribution in [0.1, 0.15) is 259 Å². The summed E-state index contributed by atoms with van der Waals surface area (Å²) < 4.78 is 17.1. The maximum Gasteiger partial charge on any atom is 0.306 e. The number of esters is 3. The molecule has 0 fully saturated rings. The fourth-order valence-electron chi connectivity index (χ4n) is 7.87. The van der Waals surface area contributed by atoms with Crippen molar-refractivity contribution >= 4 is 17.9 Å². The van der Waals surface area contributed by atoms with Crippen molar-refractivity contribution in [2.24, 2.45) is 17.6 Å². The second-order valence-electron chi connectivity index (χ2n) is 17.1. The van der Waals surface area contributed by atoms with Crippen LogP contribution in [-0.2, 0) is 28.6 Å². The molecule has 2 N–H and O–H groups in total. The standard InChI is InChI=1S/C49H95NO6/c1-5-9-21-30-44(31-22-10-6-2)39-42-54-47(51)36-27-19-15-13-17-25-34-46(56-49(53)38-29-41-50)35-26-18-14-16-20-28-37-48(52)55-43-40-45(32-23-11-7-3)33-24-12-8-4/h44-46H,5-43,50H2,1-4H3. The molecule has 7 nitrogen and oxygen atoms in total. The highest BCUT2D eigenvalue weighted by atomic mass is 16.5. The third kappa shape index (κ3) is 37.9. The van der Waals surface area contributed by atoms with Crippen LogP contribution in [0.3, 0.4) is 0 Å². The minimum absolute atomic E-state index is 0.0133. The Hall–Kier alpha value is -1.63. The number of rotatable bonds is 44. The van der Waals surface area contributed by atoms with E-state index in [1.165, 1.54) is 103 Å². The molecule has 0 bridgehead atoms. The Labute approximate surface area is 347 Å². The van der Waals surface area contributed by atoms with Gasteiger partial charge < -0.3 is 19.9 Å². The SMILES string of the molecule is CCCCCC(CCCCC)CCOC(=O)CCCCCCCCC(CCCCCCCCC(=O)OCCC(CCCCC)CCCCC)OC(=O)CCCN. The van der Waals surface area contributed by atoms with Crippen LogP contribution in [0, 0.1) is 11.8 Å². The van der Waals surface area contributed by atoms with Crippen LogP contribution in [0.15, 0.2) is 0 Å². The quantitative estimate of drug-likeness (QED) is 0.0372. The smallest absolute Gasteiger partial charge is 0.306 e. The summed E-state index contributed by atoms with van der Waals surface area (Å²) in [7, 11) is 0. The zero-order valence-electron chi connectivity index (χ0n) is 37.8. The molecule has 7 heteroatoms. The van der Waals surface area contributed by atoms with Gasteiger partial charge in [0.1, 0.15) is 6.10 Å². The Bertz CT molecular complexity index is 788. The van der Waals surface area contributed by atoms with E-state index < -0.39 is 0 Å². The first kappa shape index (κ1) is 54.4. The second kappa shape index (κ2) is 43.0. The summed E-state index contributed by atoms with van der Waals surface area (Å²) in [6.07, 6.45) is 39.3. The first-order valence-corrected chi connectivity index (χ1v) is 24.6. The van der Waals surface area contributed by atoms with Crippen molar-refractivity contribution < 1.29 is 28.6 Å². The topological polar surface area (TPSA) is 105 Å². The molecule has 0 saturated carbocycles. The molecule has 0 unspecified atom stereocenters. The lowest BCUT2D eigenvalue weighted by atomic mass is 9.92. The van der Waals surface area contributed by atoms with E-state index in [4.69, 9.17) is 19.9 Å². The summed E-state index contributed by atoms with van der Waals surface area (Å²) in [5, 5.41) is 0. The molecule has 0 aromatic heterocycles. The number of hydrogen-bond acceptors (Lipinski definition) is 7. The largest absolute Gasteiger partial charge is 0.466 e. The zero-order valence-corrected chi connectivity index (χ0v) is 37.8. The number of hydrogen-bond donors (Lipinski definition) is 1. The first-order valence-electron chi connectivity index (χ1n) is 24.6. The number of ether oxygens (including phenoxy) is 3. The van der Waals surface area contributed by atoms with Gasteiger partial charge in [-0.05, 0) is 76.2 Å². The predicted molar refractivity (Wildman–Crippen MR) is 237 cm³/mol. The van der Waals surface area contributed by atoms with E-state index in [2.05, 4.69) is 27.7 Å². The normalized spacial score (nSPS) is 11.6. The number of carbonyl (C=O) groups excluding carboxylic acids is 3. The molecule has 0 saturated heterocycles. The van der Waals surface area contributed by atoms with Gasteiger partial charge in [0.2, 0.25) is 0 Å². The van der Waals surface area contributed by atoms with Gasteiger partial charge in [0, 0.05) is 19.3 Å². The number of nitrogens with two attached hydrogens (primary N) is 1. The average molecular weight is 794 g/mol. The molecule has 0 aliphatic heterocycles. The van der Waals surface area contributed by atoms with E-state index in [9.17, 15) is 14.4 Å². The monoisotopic (exact) mass is 794 g/mol. The highest BCUT2D eigenvalue weighted by Gasteiger charge is 2.15. The van der Waals surface area contributed by atoms with Gasteiger partial charge in [-0.25, -0.2) is 0 Å². The van der Waals surface area contributed by atoms with Crippen LogP contribution in [0.2, 0.25) is 0 Å². The summed E-state index contributed by atoms with van der Waals surface area (Å²) >= 11 is 0. The van der Waals surface area contributed by atoms with Crippen molar-refractivity contribution in [3.8, 4) is 0 Å². The lowest BCUT2D eigenvalue weighted by Gasteiger charge is -2.18. The van der Waals surface area contributed by atoms with Crippen LogP contribution in [-0.4, -0.2) is 43.8 Å². The molecular formula is C49H95NO6. The molecule has 332 valence electrons. The van der Waals surface area contributed by atoms with Gasteiger partial charge in [0.15, 0.2) is 0 Å². The fourth-order valence-corrected chi connectivity index (χ4v) is 7.87. The van der Waals surface area contributed by atoms with Gasteiger partial charge in [-0.3, -0.25) is 14.4 Å². The third-order valence-electron chi connectivity index (χ3n) is 11.6. The average Bonchev–Trinajstić information content (AvgIpc) is 3.18. The molecule has 0 amide bonds. The van der Waals surface area contributed by atoms with Crippen molar-refractivity contribution in [2.45, 2.75) is 265 Å². The summed E-state index contributed by atoms with van der Waals surface area (Å²) in [5.41, 5.74) is 5.62. The first-order chi connectivity index (χ1) is 27.4. The Morgan fingerprint density at radius 2 is 0.696 bits per heavy atom. The summed E-state index contributed by atoms with van der Waals surface area (Å²) in [4.78, 5) is 37.0. The molecule has 0 rings (SSSR count). The Kier molecular flexibility index (Phi) is 41.7. The summed E-state index contributed by atoms with van der Waals surface area (Å²) in [6.45, 7) is 10.7. The minimum Gasteiger partial charge on any atom is -0.466 e.